The minimum atomic E-state index is -0.703. The normalized spacial score (nSPS) is 20.6. The van der Waals surface area contributed by atoms with Gasteiger partial charge < -0.3 is 14.5 Å². The Morgan fingerprint density at radius 3 is 2.88 bits per heavy atom. The van der Waals surface area contributed by atoms with Crippen molar-refractivity contribution in [3.63, 3.8) is 0 Å². The summed E-state index contributed by atoms with van der Waals surface area (Å²) < 4.78 is 19.2. The molecule has 1 aliphatic heterocycles. The van der Waals surface area contributed by atoms with E-state index in [-0.39, 0.29) is 23.0 Å². The van der Waals surface area contributed by atoms with Crippen LogP contribution >= 0.6 is 11.6 Å². The minimum Gasteiger partial charge on any atom is -0.391 e. The molecule has 0 spiro atoms. The number of aliphatic hydroxyl groups is 1. The molecule has 7 heteroatoms. The molecule has 5 nitrogen and oxygen atoms in total. The maximum Gasteiger partial charge on any atom is 0.258 e. The summed E-state index contributed by atoms with van der Waals surface area (Å²) in [5, 5.41) is 14.2. The predicted molar refractivity (Wildman–Crippen MR) is 86.5 cm³/mol. The Labute approximate surface area is 144 Å². The van der Waals surface area contributed by atoms with E-state index < -0.39 is 17.8 Å². The number of amides is 1. The van der Waals surface area contributed by atoms with Crippen LogP contribution in [0.15, 0.2) is 22.7 Å². The number of rotatable bonds is 3. The molecule has 1 aromatic heterocycles. The lowest BCUT2D eigenvalue weighted by molar-refractivity contribution is 0.0760. The monoisotopic (exact) mass is 352 g/mol. The third-order valence-corrected chi connectivity index (χ3v) is 4.82. The van der Waals surface area contributed by atoms with Crippen molar-refractivity contribution in [3.05, 3.63) is 51.6 Å². The molecule has 0 unspecified atom stereocenters. The van der Waals surface area contributed by atoms with E-state index in [1.165, 1.54) is 17.0 Å². The zero-order chi connectivity index (χ0) is 17.4. The summed E-state index contributed by atoms with van der Waals surface area (Å²) in [6, 6.07) is 4.56. The van der Waals surface area contributed by atoms with Gasteiger partial charge in [-0.3, -0.25) is 4.79 Å². The van der Waals surface area contributed by atoms with Gasteiger partial charge in [0.15, 0.2) is 0 Å². The molecule has 1 saturated heterocycles. The topological polar surface area (TPSA) is 66.6 Å². The molecule has 0 aliphatic carbocycles. The Morgan fingerprint density at radius 2 is 2.21 bits per heavy atom. The molecule has 1 amide bonds. The van der Waals surface area contributed by atoms with E-state index in [2.05, 4.69) is 5.16 Å². The van der Waals surface area contributed by atoms with Gasteiger partial charge in [0.1, 0.15) is 11.6 Å². The van der Waals surface area contributed by atoms with Crippen LogP contribution in [0.5, 0.6) is 0 Å². The third kappa shape index (κ3) is 3.16. The first-order valence-electron chi connectivity index (χ1n) is 7.71. The molecular weight excluding hydrogens is 335 g/mol. The van der Waals surface area contributed by atoms with Crippen molar-refractivity contribution in [2.24, 2.45) is 5.92 Å². The Balaban J connectivity index is 1.77. The van der Waals surface area contributed by atoms with Crippen molar-refractivity contribution in [2.75, 3.05) is 13.1 Å². The molecule has 1 aromatic carbocycles. The van der Waals surface area contributed by atoms with Crippen LogP contribution < -0.4 is 0 Å². The molecular formula is C17H18ClFN2O3. The fourth-order valence-corrected chi connectivity index (χ4v) is 3.24. The summed E-state index contributed by atoms with van der Waals surface area (Å²) >= 11 is 6.10. The molecule has 1 N–H and O–H groups in total. The van der Waals surface area contributed by atoms with Crippen molar-refractivity contribution >= 4 is 17.5 Å². The average Bonchev–Trinajstić information content (AvgIpc) is 3.10. The van der Waals surface area contributed by atoms with Crippen molar-refractivity contribution < 1.29 is 18.8 Å². The summed E-state index contributed by atoms with van der Waals surface area (Å²) in [5.74, 6) is -0.686. The number of aromatic nitrogens is 1. The fourth-order valence-electron chi connectivity index (χ4n) is 3.00. The molecule has 0 saturated carbocycles. The van der Waals surface area contributed by atoms with E-state index in [0.29, 0.717) is 24.3 Å². The van der Waals surface area contributed by atoms with E-state index in [1.54, 1.807) is 13.0 Å². The Morgan fingerprint density at radius 1 is 1.46 bits per heavy atom. The molecule has 3 rings (SSSR count). The number of halogens is 2. The molecule has 2 aromatic rings. The molecule has 2 heterocycles. The summed E-state index contributed by atoms with van der Waals surface area (Å²) in [6.45, 7) is 3.98. The van der Waals surface area contributed by atoms with Gasteiger partial charge in [0, 0.05) is 31.5 Å². The molecule has 2 atom stereocenters. The van der Waals surface area contributed by atoms with Crippen LogP contribution in [0.3, 0.4) is 0 Å². The zero-order valence-corrected chi connectivity index (χ0v) is 14.2. The molecule has 24 heavy (non-hydrogen) atoms. The standard InChI is InChI=1S/C17H18ClFN2O3/c1-9-3-4-13(19)15(16(9)18)17(23)21-7-11(14(22)8-21)6-12-5-10(2)20-24-12/h3-5,11,14,22H,6-8H2,1-2H3/t11-,14+/m1/s1. The van der Waals surface area contributed by atoms with E-state index >= 15 is 0 Å². The minimum absolute atomic E-state index is 0.115. The van der Waals surface area contributed by atoms with Crippen LogP contribution in [0.1, 0.15) is 27.4 Å². The van der Waals surface area contributed by atoms with Crippen LogP contribution in [0, 0.1) is 25.6 Å². The van der Waals surface area contributed by atoms with Crippen molar-refractivity contribution in [1.82, 2.24) is 10.1 Å². The van der Waals surface area contributed by atoms with Crippen molar-refractivity contribution in [2.45, 2.75) is 26.4 Å². The number of carbonyl (C=O) groups excluding carboxylic acids is 1. The van der Waals surface area contributed by atoms with E-state index in [1.807, 2.05) is 6.92 Å². The highest BCUT2D eigenvalue weighted by Gasteiger charge is 2.36. The molecule has 0 radical (unpaired) electrons. The van der Waals surface area contributed by atoms with E-state index in [4.69, 9.17) is 16.1 Å². The summed E-state index contributed by atoms with van der Waals surface area (Å²) in [4.78, 5) is 14.1. The third-order valence-electron chi connectivity index (χ3n) is 4.33. The van der Waals surface area contributed by atoms with Gasteiger partial charge in [0.25, 0.3) is 5.91 Å². The molecule has 128 valence electrons. The summed E-state index contributed by atoms with van der Waals surface area (Å²) in [6.07, 6.45) is -0.235. The van der Waals surface area contributed by atoms with Crippen LogP contribution in [-0.4, -0.2) is 40.3 Å². The van der Waals surface area contributed by atoms with Crippen LogP contribution in [0.2, 0.25) is 5.02 Å². The van der Waals surface area contributed by atoms with Gasteiger partial charge in [-0.15, -0.1) is 0 Å². The first kappa shape index (κ1) is 16.9. The number of hydrogen-bond acceptors (Lipinski definition) is 4. The number of aliphatic hydroxyl groups excluding tert-OH is 1. The number of hydrogen-bond donors (Lipinski definition) is 1. The number of aryl methyl sites for hydroxylation is 2. The fraction of sp³-hybridized carbons (Fsp3) is 0.412. The second-order valence-corrected chi connectivity index (χ2v) is 6.61. The van der Waals surface area contributed by atoms with Gasteiger partial charge in [-0.05, 0) is 25.5 Å². The van der Waals surface area contributed by atoms with Crippen molar-refractivity contribution in [1.29, 1.82) is 0 Å². The van der Waals surface area contributed by atoms with Gasteiger partial charge in [-0.25, -0.2) is 4.39 Å². The smallest absolute Gasteiger partial charge is 0.258 e. The average molecular weight is 353 g/mol. The maximum atomic E-state index is 14.1. The van der Waals surface area contributed by atoms with Crippen LogP contribution in [-0.2, 0) is 6.42 Å². The highest BCUT2D eigenvalue weighted by atomic mass is 35.5. The Bertz CT molecular complexity index is 777. The van der Waals surface area contributed by atoms with Crippen LogP contribution in [0.25, 0.3) is 0 Å². The number of nitrogens with zero attached hydrogens (tertiary/aromatic N) is 2. The van der Waals surface area contributed by atoms with Gasteiger partial charge in [0.05, 0.1) is 22.4 Å². The molecule has 1 aliphatic rings. The van der Waals surface area contributed by atoms with Gasteiger partial charge >= 0.3 is 0 Å². The van der Waals surface area contributed by atoms with Gasteiger partial charge in [-0.2, -0.15) is 0 Å². The Hall–Kier alpha value is -1.92. The van der Waals surface area contributed by atoms with E-state index in [9.17, 15) is 14.3 Å². The SMILES string of the molecule is Cc1cc(C[C@@H]2CN(C(=O)c3c(F)ccc(C)c3Cl)C[C@@H]2O)on1. The number of likely N-dealkylation sites (tertiary alicyclic amines) is 1. The second kappa shape index (κ2) is 6.53. The van der Waals surface area contributed by atoms with E-state index in [0.717, 1.165) is 5.69 Å². The summed E-state index contributed by atoms with van der Waals surface area (Å²) in [7, 11) is 0. The lowest BCUT2D eigenvalue weighted by atomic mass is 10.0. The lowest BCUT2D eigenvalue weighted by Gasteiger charge is -2.18. The van der Waals surface area contributed by atoms with Gasteiger partial charge in [-0.1, -0.05) is 22.8 Å². The Kier molecular flexibility index (Phi) is 4.60. The van der Waals surface area contributed by atoms with Gasteiger partial charge in [0.2, 0.25) is 0 Å². The number of benzene rings is 1. The largest absolute Gasteiger partial charge is 0.391 e. The second-order valence-electron chi connectivity index (χ2n) is 6.23. The predicted octanol–water partition coefficient (Wildman–Crippen LogP) is 2.76. The van der Waals surface area contributed by atoms with Crippen LogP contribution in [0.4, 0.5) is 4.39 Å². The summed E-state index contributed by atoms with van der Waals surface area (Å²) in [5.41, 5.74) is 1.26. The maximum absolute atomic E-state index is 14.1. The lowest BCUT2D eigenvalue weighted by Crippen LogP contribution is -2.30. The first-order chi connectivity index (χ1) is 11.4. The zero-order valence-electron chi connectivity index (χ0n) is 13.4. The highest BCUT2D eigenvalue weighted by molar-refractivity contribution is 6.34. The molecule has 1 fully saturated rings. The number of carbonyl (C=O) groups is 1. The van der Waals surface area contributed by atoms with Crippen molar-refractivity contribution in [3.8, 4) is 0 Å². The quantitative estimate of drug-likeness (QED) is 0.922. The molecule has 0 bridgehead atoms. The first-order valence-corrected chi connectivity index (χ1v) is 8.08. The highest BCUT2D eigenvalue weighted by Crippen LogP contribution is 2.28. The number of β-amino-alcohol motifs (C(OH)–C–C–N with tert-alkyl or cyclic N) is 1.